The van der Waals surface area contributed by atoms with E-state index in [-0.39, 0.29) is 15.7 Å². The Balaban J connectivity index is 3.20. The first-order valence-corrected chi connectivity index (χ1v) is 5.78. The fraction of sp³-hybridized carbons (Fsp3) is 0.143. The molecule has 0 spiro atoms. The molecule has 0 atom stereocenters. The Morgan fingerprint density at radius 1 is 1.33 bits per heavy atom. The predicted molar refractivity (Wildman–Crippen MR) is 57.5 cm³/mol. The standard InChI is InChI=1S/C7H7Cl2NO4S/c1-14-10(15(11,12)13)5-2-3-6(8)7(9)4-5/h2-4H,1H3,(H,11,12,13). The minimum atomic E-state index is -4.49. The minimum absolute atomic E-state index is 0.0504. The molecule has 8 heteroatoms. The molecule has 0 fully saturated rings. The van der Waals surface area contributed by atoms with Crippen LogP contribution in [0.3, 0.4) is 0 Å². The molecule has 84 valence electrons. The lowest BCUT2D eigenvalue weighted by Gasteiger charge is -2.17. The Morgan fingerprint density at radius 3 is 2.33 bits per heavy atom. The maximum absolute atomic E-state index is 10.8. The van der Waals surface area contributed by atoms with E-state index in [0.717, 1.165) is 7.11 Å². The van der Waals surface area contributed by atoms with Gasteiger partial charge in [-0.1, -0.05) is 23.2 Å². The Hall–Kier alpha value is -0.530. The summed E-state index contributed by atoms with van der Waals surface area (Å²) >= 11 is 11.3. The summed E-state index contributed by atoms with van der Waals surface area (Å²) in [6.45, 7) is 0. The number of hydrogen-bond acceptors (Lipinski definition) is 3. The molecule has 1 aromatic carbocycles. The van der Waals surface area contributed by atoms with E-state index in [4.69, 9.17) is 27.8 Å². The number of nitrogens with zero attached hydrogens (tertiary/aromatic N) is 1. The Labute approximate surface area is 97.0 Å². The molecular weight excluding hydrogens is 265 g/mol. The van der Waals surface area contributed by atoms with Crippen LogP contribution < -0.4 is 4.47 Å². The average molecular weight is 272 g/mol. The van der Waals surface area contributed by atoms with Crippen molar-refractivity contribution in [2.45, 2.75) is 0 Å². The second-order valence-corrected chi connectivity index (χ2v) is 4.53. The molecule has 0 bridgehead atoms. The van der Waals surface area contributed by atoms with Crippen molar-refractivity contribution >= 4 is 39.2 Å². The van der Waals surface area contributed by atoms with Crippen molar-refractivity contribution in [1.82, 2.24) is 0 Å². The summed E-state index contributed by atoms with van der Waals surface area (Å²) < 4.78 is 30.8. The quantitative estimate of drug-likeness (QED) is 0.676. The van der Waals surface area contributed by atoms with Crippen LogP contribution in [0.15, 0.2) is 18.2 Å². The van der Waals surface area contributed by atoms with Gasteiger partial charge in [0.05, 0.1) is 22.8 Å². The van der Waals surface area contributed by atoms with Crippen molar-refractivity contribution in [2.75, 3.05) is 11.6 Å². The normalized spacial score (nSPS) is 11.5. The van der Waals surface area contributed by atoms with Crippen molar-refractivity contribution in [2.24, 2.45) is 0 Å². The maximum Gasteiger partial charge on any atom is 0.382 e. The summed E-state index contributed by atoms with van der Waals surface area (Å²) in [4.78, 5) is 4.49. The first-order chi connectivity index (χ1) is 6.86. The van der Waals surface area contributed by atoms with E-state index in [2.05, 4.69) is 4.84 Å². The zero-order valence-corrected chi connectivity index (χ0v) is 9.84. The minimum Gasteiger partial charge on any atom is -0.267 e. The third-order valence-corrected chi connectivity index (χ3v) is 3.01. The molecule has 0 aliphatic heterocycles. The molecule has 0 saturated carbocycles. The molecule has 0 saturated heterocycles. The highest BCUT2D eigenvalue weighted by atomic mass is 35.5. The van der Waals surface area contributed by atoms with Crippen LogP contribution in [0.5, 0.6) is 0 Å². The van der Waals surface area contributed by atoms with Gasteiger partial charge >= 0.3 is 10.3 Å². The SMILES string of the molecule is CON(c1ccc(Cl)c(Cl)c1)S(=O)(=O)O. The predicted octanol–water partition coefficient (Wildman–Crippen LogP) is 2.16. The van der Waals surface area contributed by atoms with E-state index in [1.54, 1.807) is 0 Å². The summed E-state index contributed by atoms with van der Waals surface area (Å²) in [6.07, 6.45) is 0. The summed E-state index contributed by atoms with van der Waals surface area (Å²) in [7, 11) is -3.39. The average Bonchev–Trinajstić information content (AvgIpc) is 2.10. The van der Waals surface area contributed by atoms with Crippen molar-refractivity contribution in [3.8, 4) is 0 Å². The van der Waals surface area contributed by atoms with Crippen LogP contribution in [0.2, 0.25) is 10.0 Å². The molecule has 1 aromatic rings. The second-order valence-electron chi connectivity index (χ2n) is 2.49. The Morgan fingerprint density at radius 2 is 1.93 bits per heavy atom. The Kier molecular flexibility index (Phi) is 3.80. The molecule has 5 nitrogen and oxygen atoms in total. The van der Waals surface area contributed by atoms with E-state index in [1.807, 2.05) is 0 Å². The topological polar surface area (TPSA) is 66.8 Å². The smallest absolute Gasteiger partial charge is 0.267 e. The van der Waals surface area contributed by atoms with E-state index in [0.29, 0.717) is 4.47 Å². The molecule has 0 heterocycles. The lowest BCUT2D eigenvalue weighted by atomic mass is 10.3. The van der Waals surface area contributed by atoms with Crippen molar-refractivity contribution < 1.29 is 17.8 Å². The highest BCUT2D eigenvalue weighted by molar-refractivity contribution is 7.87. The van der Waals surface area contributed by atoms with Crippen molar-refractivity contribution in [3.05, 3.63) is 28.2 Å². The van der Waals surface area contributed by atoms with Crippen LogP contribution in [0.25, 0.3) is 0 Å². The van der Waals surface area contributed by atoms with E-state index < -0.39 is 10.3 Å². The zero-order valence-electron chi connectivity index (χ0n) is 7.52. The second kappa shape index (κ2) is 4.54. The number of rotatable bonds is 3. The molecule has 0 aliphatic rings. The zero-order chi connectivity index (χ0) is 11.6. The lowest BCUT2D eigenvalue weighted by molar-refractivity contribution is 0.206. The van der Waals surface area contributed by atoms with Crippen molar-refractivity contribution in [3.63, 3.8) is 0 Å². The van der Waals surface area contributed by atoms with Gasteiger partial charge in [-0.15, -0.1) is 4.47 Å². The lowest BCUT2D eigenvalue weighted by Crippen LogP contribution is -2.28. The molecule has 0 amide bonds. The van der Waals surface area contributed by atoms with Crippen LogP contribution in [-0.2, 0) is 15.1 Å². The molecule has 1 N–H and O–H groups in total. The fourth-order valence-corrected chi connectivity index (χ4v) is 1.79. The molecule has 15 heavy (non-hydrogen) atoms. The van der Waals surface area contributed by atoms with Crippen molar-refractivity contribution in [1.29, 1.82) is 0 Å². The van der Waals surface area contributed by atoms with Crippen LogP contribution >= 0.6 is 23.2 Å². The number of hydrogen-bond donors (Lipinski definition) is 1. The Bertz CT molecular complexity index is 462. The molecule has 0 radical (unpaired) electrons. The van der Waals surface area contributed by atoms with Gasteiger partial charge in [-0.3, -0.25) is 9.39 Å². The van der Waals surface area contributed by atoms with E-state index in [9.17, 15) is 8.42 Å². The van der Waals surface area contributed by atoms with Crippen LogP contribution in [-0.4, -0.2) is 20.1 Å². The van der Waals surface area contributed by atoms with Gasteiger partial charge in [0.15, 0.2) is 0 Å². The first kappa shape index (κ1) is 12.5. The largest absolute Gasteiger partial charge is 0.382 e. The third kappa shape index (κ3) is 2.96. The van der Waals surface area contributed by atoms with Crippen LogP contribution in [0.1, 0.15) is 0 Å². The molecular formula is C7H7Cl2NO4S. The van der Waals surface area contributed by atoms with Gasteiger partial charge in [-0.2, -0.15) is 8.42 Å². The van der Waals surface area contributed by atoms with Crippen LogP contribution in [0, 0.1) is 0 Å². The maximum atomic E-state index is 10.8. The van der Waals surface area contributed by atoms with Gasteiger partial charge < -0.3 is 0 Å². The van der Waals surface area contributed by atoms with Gasteiger partial charge in [0.2, 0.25) is 0 Å². The van der Waals surface area contributed by atoms with Gasteiger partial charge in [-0.05, 0) is 18.2 Å². The number of anilines is 1. The highest BCUT2D eigenvalue weighted by Crippen LogP contribution is 2.28. The number of benzene rings is 1. The fourth-order valence-electron chi connectivity index (χ4n) is 0.931. The summed E-state index contributed by atoms with van der Waals surface area (Å²) in [5, 5.41) is 0.423. The molecule has 1 rings (SSSR count). The summed E-state index contributed by atoms with van der Waals surface area (Å²) in [6, 6.07) is 3.98. The van der Waals surface area contributed by atoms with Gasteiger partial charge in [0.1, 0.15) is 0 Å². The summed E-state index contributed by atoms with van der Waals surface area (Å²) in [5.41, 5.74) is 0.0504. The molecule has 0 aromatic heterocycles. The third-order valence-electron chi connectivity index (χ3n) is 1.49. The van der Waals surface area contributed by atoms with Gasteiger partial charge in [0, 0.05) is 0 Å². The van der Waals surface area contributed by atoms with Crippen LogP contribution in [0.4, 0.5) is 5.69 Å². The highest BCUT2D eigenvalue weighted by Gasteiger charge is 2.20. The first-order valence-electron chi connectivity index (χ1n) is 3.63. The van der Waals surface area contributed by atoms with E-state index >= 15 is 0 Å². The monoisotopic (exact) mass is 271 g/mol. The number of halogens is 2. The van der Waals surface area contributed by atoms with E-state index in [1.165, 1.54) is 18.2 Å². The van der Waals surface area contributed by atoms with Gasteiger partial charge in [0.25, 0.3) is 0 Å². The summed E-state index contributed by atoms with van der Waals surface area (Å²) in [5.74, 6) is 0. The molecule has 0 aliphatic carbocycles. The van der Waals surface area contributed by atoms with Gasteiger partial charge in [-0.25, -0.2) is 0 Å². The molecule has 0 unspecified atom stereocenters.